The van der Waals surface area contributed by atoms with Gasteiger partial charge in [-0.05, 0) is 52.6 Å². The minimum atomic E-state index is -0.115. The number of nitrogens with zero attached hydrogens (tertiary/aromatic N) is 1. The summed E-state index contributed by atoms with van der Waals surface area (Å²) in [6, 6.07) is 0.886. The fourth-order valence-electron chi connectivity index (χ4n) is 1.50. The molecule has 1 aliphatic rings. The molecular formula is C10H21NO. The third kappa shape index (κ3) is 4.07. The van der Waals surface area contributed by atoms with E-state index in [1.165, 1.54) is 25.8 Å². The zero-order valence-corrected chi connectivity index (χ0v) is 8.29. The van der Waals surface area contributed by atoms with Crippen molar-refractivity contribution < 1.29 is 5.11 Å². The maximum atomic E-state index is 9.03. The van der Waals surface area contributed by atoms with E-state index in [-0.39, 0.29) is 6.10 Å². The summed E-state index contributed by atoms with van der Waals surface area (Å²) in [5, 5.41) is 9.03. The van der Waals surface area contributed by atoms with Gasteiger partial charge >= 0.3 is 0 Å². The predicted molar refractivity (Wildman–Crippen MR) is 51.2 cm³/mol. The van der Waals surface area contributed by atoms with Crippen molar-refractivity contribution in [1.82, 2.24) is 4.90 Å². The summed E-state index contributed by atoms with van der Waals surface area (Å²) in [6.45, 7) is 3.07. The first-order valence-electron chi connectivity index (χ1n) is 5.08. The van der Waals surface area contributed by atoms with E-state index >= 15 is 0 Å². The fourth-order valence-corrected chi connectivity index (χ4v) is 1.50. The highest BCUT2D eigenvalue weighted by molar-refractivity contribution is 4.82. The normalized spacial score (nSPS) is 20.0. The lowest BCUT2D eigenvalue weighted by molar-refractivity contribution is 0.178. The average molecular weight is 171 g/mol. The van der Waals surface area contributed by atoms with E-state index in [1.807, 2.05) is 6.92 Å². The lowest BCUT2D eigenvalue weighted by atomic mass is 10.2. The minimum Gasteiger partial charge on any atom is -0.393 e. The molecular weight excluding hydrogens is 150 g/mol. The SMILES string of the molecule is CC(O)CCCCN(C)C1CC1. The maximum absolute atomic E-state index is 9.03. The highest BCUT2D eigenvalue weighted by atomic mass is 16.3. The summed E-state index contributed by atoms with van der Waals surface area (Å²) in [6.07, 6.45) is 6.03. The Hall–Kier alpha value is -0.0800. The molecule has 0 aromatic heterocycles. The van der Waals surface area contributed by atoms with Crippen LogP contribution in [0.15, 0.2) is 0 Å². The highest BCUT2D eigenvalue weighted by Crippen LogP contribution is 2.25. The maximum Gasteiger partial charge on any atom is 0.0512 e. The Kier molecular flexibility index (Phi) is 4.02. The third-order valence-electron chi connectivity index (χ3n) is 2.55. The number of unbranched alkanes of at least 4 members (excludes halogenated alkanes) is 1. The van der Waals surface area contributed by atoms with Crippen LogP contribution in [0.25, 0.3) is 0 Å². The zero-order chi connectivity index (χ0) is 8.97. The molecule has 0 aromatic rings. The molecule has 1 saturated carbocycles. The van der Waals surface area contributed by atoms with Crippen LogP contribution >= 0.6 is 0 Å². The molecule has 1 atom stereocenters. The molecule has 1 N–H and O–H groups in total. The van der Waals surface area contributed by atoms with Crippen LogP contribution in [-0.4, -0.2) is 35.7 Å². The van der Waals surface area contributed by atoms with Crippen molar-refractivity contribution in [3.05, 3.63) is 0 Å². The highest BCUT2D eigenvalue weighted by Gasteiger charge is 2.25. The molecule has 0 spiro atoms. The Morgan fingerprint density at radius 1 is 1.42 bits per heavy atom. The van der Waals surface area contributed by atoms with Gasteiger partial charge in [-0.2, -0.15) is 0 Å². The zero-order valence-electron chi connectivity index (χ0n) is 8.29. The summed E-state index contributed by atoms with van der Waals surface area (Å²) in [4.78, 5) is 2.45. The van der Waals surface area contributed by atoms with Gasteiger partial charge in [0, 0.05) is 6.04 Å². The van der Waals surface area contributed by atoms with E-state index < -0.39 is 0 Å². The average Bonchev–Trinajstić information content (AvgIpc) is 2.79. The van der Waals surface area contributed by atoms with Crippen molar-refractivity contribution in [2.75, 3.05) is 13.6 Å². The fraction of sp³-hybridized carbons (Fsp3) is 1.00. The van der Waals surface area contributed by atoms with E-state index in [0.717, 1.165) is 18.9 Å². The van der Waals surface area contributed by atoms with Gasteiger partial charge in [0.15, 0.2) is 0 Å². The second kappa shape index (κ2) is 4.83. The lowest BCUT2D eigenvalue weighted by Gasteiger charge is -2.15. The van der Waals surface area contributed by atoms with E-state index in [9.17, 15) is 0 Å². The molecule has 0 aromatic carbocycles. The Balaban J connectivity index is 1.87. The van der Waals surface area contributed by atoms with Crippen molar-refractivity contribution in [3.63, 3.8) is 0 Å². The Morgan fingerprint density at radius 3 is 2.58 bits per heavy atom. The smallest absolute Gasteiger partial charge is 0.0512 e. The first-order chi connectivity index (χ1) is 5.70. The largest absolute Gasteiger partial charge is 0.393 e. The molecule has 1 rings (SSSR count). The van der Waals surface area contributed by atoms with Crippen LogP contribution in [-0.2, 0) is 0 Å². The molecule has 2 heteroatoms. The van der Waals surface area contributed by atoms with E-state index in [4.69, 9.17) is 5.11 Å². The molecule has 0 aliphatic heterocycles. The summed E-state index contributed by atoms with van der Waals surface area (Å²) in [5.74, 6) is 0. The van der Waals surface area contributed by atoms with E-state index in [0.29, 0.717) is 0 Å². The van der Waals surface area contributed by atoms with Gasteiger partial charge in [-0.1, -0.05) is 0 Å². The number of aliphatic hydroxyl groups is 1. The van der Waals surface area contributed by atoms with Crippen LogP contribution in [0.1, 0.15) is 39.0 Å². The molecule has 0 saturated heterocycles. The molecule has 2 nitrogen and oxygen atoms in total. The molecule has 1 unspecified atom stereocenters. The monoisotopic (exact) mass is 171 g/mol. The predicted octanol–water partition coefficient (Wildman–Crippen LogP) is 1.63. The van der Waals surface area contributed by atoms with E-state index in [1.54, 1.807) is 0 Å². The van der Waals surface area contributed by atoms with Gasteiger partial charge in [0.1, 0.15) is 0 Å². The van der Waals surface area contributed by atoms with Crippen LogP contribution in [0.2, 0.25) is 0 Å². The molecule has 0 radical (unpaired) electrons. The van der Waals surface area contributed by atoms with Crippen LogP contribution in [0.4, 0.5) is 0 Å². The lowest BCUT2D eigenvalue weighted by Crippen LogP contribution is -2.21. The molecule has 1 aliphatic carbocycles. The summed E-state index contributed by atoms with van der Waals surface area (Å²) in [5.41, 5.74) is 0. The van der Waals surface area contributed by atoms with Crippen molar-refractivity contribution in [1.29, 1.82) is 0 Å². The van der Waals surface area contributed by atoms with Gasteiger partial charge in [-0.3, -0.25) is 0 Å². The van der Waals surface area contributed by atoms with Crippen LogP contribution in [0, 0.1) is 0 Å². The Labute approximate surface area is 75.6 Å². The van der Waals surface area contributed by atoms with Crippen LogP contribution in [0.3, 0.4) is 0 Å². The summed E-state index contributed by atoms with van der Waals surface area (Å²) < 4.78 is 0. The minimum absolute atomic E-state index is 0.115. The molecule has 1 fully saturated rings. The van der Waals surface area contributed by atoms with Gasteiger partial charge < -0.3 is 10.0 Å². The molecule has 72 valence electrons. The standard InChI is InChI=1S/C10H21NO/c1-9(12)5-3-4-8-11(2)10-6-7-10/h9-10,12H,3-8H2,1-2H3. The molecule has 12 heavy (non-hydrogen) atoms. The number of aliphatic hydroxyl groups excluding tert-OH is 1. The molecule has 0 heterocycles. The first kappa shape index (κ1) is 10.0. The number of hydrogen-bond acceptors (Lipinski definition) is 2. The van der Waals surface area contributed by atoms with E-state index in [2.05, 4.69) is 11.9 Å². The van der Waals surface area contributed by atoms with Gasteiger partial charge in [-0.25, -0.2) is 0 Å². The van der Waals surface area contributed by atoms with Crippen molar-refractivity contribution in [3.8, 4) is 0 Å². The molecule has 0 amide bonds. The number of hydrogen-bond donors (Lipinski definition) is 1. The van der Waals surface area contributed by atoms with Gasteiger partial charge in [0.25, 0.3) is 0 Å². The molecule has 0 bridgehead atoms. The Bertz CT molecular complexity index is 121. The van der Waals surface area contributed by atoms with Gasteiger partial charge in [0.2, 0.25) is 0 Å². The van der Waals surface area contributed by atoms with Crippen molar-refractivity contribution >= 4 is 0 Å². The first-order valence-corrected chi connectivity index (χ1v) is 5.08. The summed E-state index contributed by atoms with van der Waals surface area (Å²) in [7, 11) is 2.21. The van der Waals surface area contributed by atoms with Crippen LogP contribution < -0.4 is 0 Å². The third-order valence-corrected chi connectivity index (χ3v) is 2.55. The second-order valence-electron chi connectivity index (χ2n) is 4.06. The topological polar surface area (TPSA) is 23.5 Å². The number of rotatable bonds is 6. The summed E-state index contributed by atoms with van der Waals surface area (Å²) >= 11 is 0. The van der Waals surface area contributed by atoms with Gasteiger partial charge in [0.05, 0.1) is 6.10 Å². The van der Waals surface area contributed by atoms with Crippen molar-refractivity contribution in [2.45, 2.75) is 51.2 Å². The quantitative estimate of drug-likeness (QED) is 0.614. The second-order valence-corrected chi connectivity index (χ2v) is 4.06. The Morgan fingerprint density at radius 2 is 2.08 bits per heavy atom. The van der Waals surface area contributed by atoms with Crippen LogP contribution in [0.5, 0.6) is 0 Å². The van der Waals surface area contributed by atoms with Gasteiger partial charge in [-0.15, -0.1) is 0 Å². The van der Waals surface area contributed by atoms with Crippen molar-refractivity contribution in [2.24, 2.45) is 0 Å².